The molecule has 0 aromatic carbocycles. The molecule has 2 aliphatic carbocycles. The highest BCUT2D eigenvalue weighted by atomic mass is 16.3. The summed E-state index contributed by atoms with van der Waals surface area (Å²) in [7, 11) is 0. The normalized spacial score (nSPS) is 38.2. The molecule has 2 nitrogen and oxygen atoms in total. The molecule has 2 N–H and O–H groups in total. The van der Waals surface area contributed by atoms with E-state index in [1.807, 2.05) is 0 Å². The summed E-state index contributed by atoms with van der Waals surface area (Å²) >= 11 is 0. The van der Waals surface area contributed by atoms with Crippen LogP contribution in [0.15, 0.2) is 0 Å². The summed E-state index contributed by atoms with van der Waals surface area (Å²) in [6, 6.07) is 0.453. The maximum absolute atomic E-state index is 9.06. The maximum atomic E-state index is 9.06. The van der Waals surface area contributed by atoms with Gasteiger partial charge in [0, 0.05) is 12.6 Å². The fraction of sp³-hybridized carbons (Fsp3) is 1.00. The second-order valence-corrected chi connectivity index (χ2v) is 5.79. The fourth-order valence-electron chi connectivity index (χ4n) is 3.32. The van der Waals surface area contributed by atoms with E-state index in [2.05, 4.69) is 19.2 Å². The summed E-state index contributed by atoms with van der Waals surface area (Å²) in [4.78, 5) is 0. The van der Waals surface area contributed by atoms with Gasteiger partial charge in [-0.1, -0.05) is 13.3 Å². The van der Waals surface area contributed by atoms with Gasteiger partial charge in [-0.3, -0.25) is 0 Å². The SMILES string of the molecule is CC(CO)C(C)NCC1CC2CCC1C2. The average molecular weight is 211 g/mol. The van der Waals surface area contributed by atoms with Crippen molar-refractivity contribution in [3.05, 3.63) is 0 Å². The summed E-state index contributed by atoms with van der Waals surface area (Å²) < 4.78 is 0. The molecule has 0 aliphatic heterocycles. The average Bonchev–Trinajstić information content (AvgIpc) is 2.86. The van der Waals surface area contributed by atoms with Crippen LogP contribution in [0.25, 0.3) is 0 Å². The van der Waals surface area contributed by atoms with Gasteiger partial charge in [0.05, 0.1) is 0 Å². The quantitative estimate of drug-likeness (QED) is 0.729. The van der Waals surface area contributed by atoms with Crippen molar-refractivity contribution in [1.82, 2.24) is 5.32 Å². The van der Waals surface area contributed by atoms with Gasteiger partial charge in [0.2, 0.25) is 0 Å². The molecule has 0 spiro atoms. The third-order valence-corrected chi connectivity index (χ3v) is 4.73. The smallest absolute Gasteiger partial charge is 0.0471 e. The second-order valence-electron chi connectivity index (χ2n) is 5.79. The zero-order valence-electron chi connectivity index (χ0n) is 10.1. The molecule has 15 heavy (non-hydrogen) atoms. The molecule has 2 heteroatoms. The number of hydrogen-bond donors (Lipinski definition) is 2. The van der Waals surface area contributed by atoms with Crippen LogP contribution in [0, 0.1) is 23.7 Å². The Bertz CT molecular complexity index is 207. The molecule has 2 bridgehead atoms. The summed E-state index contributed by atoms with van der Waals surface area (Å²) in [6.07, 6.45) is 5.92. The van der Waals surface area contributed by atoms with E-state index >= 15 is 0 Å². The Hall–Kier alpha value is -0.0800. The van der Waals surface area contributed by atoms with Crippen LogP contribution in [-0.2, 0) is 0 Å². The summed E-state index contributed by atoms with van der Waals surface area (Å²) in [5, 5.41) is 12.7. The molecule has 0 heterocycles. The summed E-state index contributed by atoms with van der Waals surface area (Å²) in [5.74, 6) is 3.37. The number of aliphatic hydroxyl groups is 1. The van der Waals surface area contributed by atoms with Crippen molar-refractivity contribution < 1.29 is 5.11 Å². The molecule has 88 valence electrons. The number of rotatable bonds is 5. The molecule has 5 atom stereocenters. The van der Waals surface area contributed by atoms with Crippen LogP contribution < -0.4 is 5.32 Å². The molecular weight excluding hydrogens is 186 g/mol. The van der Waals surface area contributed by atoms with E-state index in [0.717, 1.165) is 17.8 Å². The minimum Gasteiger partial charge on any atom is -0.396 e. The van der Waals surface area contributed by atoms with Crippen LogP contribution in [0.3, 0.4) is 0 Å². The Morgan fingerprint density at radius 2 is 2.07 bits per heavy atom. The van der Waals surface area contributed by atoms with Crippen molar-refractivity contribution in [2.45, 2.75) is 45.6 Å². The predicted octanol–water partition coefficient (Wildman–Crippen LogP) is 2.03. The lowest BCUT2D eigenvalue weighted by Crippen LogP contribution is -2.38. The maximum Gasteiger partial charge on any atom is 0.0471 e. The third-order valence-electron chi connectivity index (χ3n) is 4.73. The van der Waals surface area contributed by atoms with Gasteiger partial charge in [-0.05, 0) is 56.4 Å². The predicted molar refractivity (Wildman–Crippen MR) is 62.7 cm³/mol. The van der Waals surface area contributed by atoms with E-state index in [4.69, 9.17) is 5.11 Å². The molecular formula is C13H25NO. The van der Waals surface area contributed by atoms with Gasteiger partial charge >= 0.3 is 0 Å². The molecule has 2 rings (SSSR count). The van der Waals surface area contributed by atoms with Crippen molar-refractivity contribution in [1.29, 1.82) is 0 Å². The highest BCUT2D eigenvalue weighted by molar-refractivity contribution is 4.91. The topological polar surface area (TPSA) is 32.3 Å². The Morgan fingerprint density at radius 1 is 1.27 bits per heavy atom. The molecule has 5 unspecified atom stereocenters. The van der Waals surface area contributed by atoms with E-state index in [1.54, 1.807) is 0 Å². The van der Waals surface area contributed by atoms with Crippen LogP contribution >= 0.6 is 0 Å². The lowest BCUT2D eigenvalue weighted by atomic mass is 9.88. The number of fused-ring (bicyclic) bond motifs is 2. The molecule has 2 aliphatic rings. The molecule has 0 aromatic rings. The van der Waals surface area contributed by atoms with E-state index in [1.165, 1.54) is 32.2 Å². The first-order valence-electron chi connectivity index (χ1n) is 6.55. The first kappa shape index (κ1) is 11.4. The second kappa shape index (κ2) is 4.84. The van der Waals surface area contributed by atoms with Gasteiger partial charge in [0.1, 0.15) is 0 Å². The number of aliphatic hydroxyl groups excluding tert-OH is 1. The van der Waals surface area contributed by atoms with E-state index < -0.39 is 0 Å². The highest BCUT2D eigenvalue weighted by Gasteiger charge is 2.39. The minimum absolute atomic E-state index is 0.297. The zero-order chi connectivity index (χ0) is 10.8. The van der Waals surface area contributed by atoms with Gasteiger partial charge in [-0.25, -0.2) is 0 Å². The Kier molecular flexibility index (Phi) is 3.68. The van der Waals surface area contributed by atoms with Crippen molar-refractivity contribution in [3.63, 3.8) is 0 Å². The Morgan fingerprint density at radius 3 is 2.60 bits per heavy atom. The summed E-state index contributed by atoms with van der Waals surface area (Å²) in [5.41, 5.74) is 0. The van der Waals surface area contributed by atoms with Crippen LogP contribution in [-0.4, -0.2) is 24.3 Å². The third kappa shape index (κ3) is 2.54. The van der Waals surface area contributed by atoms with E-state index in [0.29, 0.717) is 18.6 Å². The molecule has 0 radical (unpaired) electrons. The van der Waals surface area contributed by atoms with Gasteiger partial charge < -0.3 is 10.4 Å². The van der Waals surface area contributed by atoms with Crippen LogP contribution in [0.4, 0.5) is 0 Å². The monoisotopic (exact) mass is 211 g/mol. The first-order valence-corrected chi connectivity index (χ1v) is 6.55. The standard InChI is InChI=1S/C13H25NO/c1-9(8-15)10(2)14-7-13-6-11-3-4-12(13)5-11/h9-15H,3-8H2,1-2H3. The van der Waals surface area contributed by atoms with Crippen molar-refractivity contribution >= 4 is 0 Å². The van der Waals surface area contributed by atoms with Gasteiger partial charge in [-0.15, -0.1) is 0 Å². The van der Waals surface area contributed by atoms with Crippen molar-refractivity contribution in [2.24, 2.45) is 23.7 Å². The molecule has 0 saturated heterocycles. The zero-order valence-corrected chi connectivity index (χ0v) is 10.1. The van der Waals surface area contributed by atoms with Gasteiger partial charge in [-0.2, -0.15) is 0 Å². The summed E-state index contributed by atoms with van der Waals surface area (Å²) in [6.45, 7) is 5.77. The van der Waals surface area contributed by atoms with Crippen LogP contribution in [0.1, 0.15) is 39.5 Å². The number of hydrogen-bond acceptors (Lipinski definition) is 2. The van der Waals surface area contributed by atoms with Crippen molar-refractivity contribution in [3.8, 4) is 0 Å². The van der Waals surface area contributed by atoms with Crippen LogP contribution in [0.5, 0.6) is 0 Å². The molecule has 2 saturated carbocycles. The van der Waals surface area contributed by atoms with Gasteiger partial charge in [0.25, 0.3) is 0 Å². The lowest BCUT2D eigenvalue weighted by molar-refractivity contribution is 0.199. The minimum atomic E-state index is 0.297. The Labute approximate surface area is 93.5 Å². The fourth-order valence-corrected chi connectivity index (χ4v) is 3.32. The van der Waals surface area contributed by atoms with E-state index in [9.17, 15) is 0 Å². The number of nitrogens with one attached hydrogen (secondary N) is 1. The highest BCUT2D eigenvalue weighted by Crippen LogP contribution is 2.47. The van der Waals surface area contributed by atoms with Gasteiger partial charge in [0.15, 0.2) is 0 Å². The van der Waals surface area contributed by atoms with Crippen molar-refractivity contribution in [2.75, 3.05) is 13.2 Å². The molecule has 0 amide bonds. The first-order chi connectivity index (χ1) is 7.20. The molecule has 0 aromatic heterocycles. The van der Waals surface area contributed by atoms with Crippen LogP contribution in [0.2, 0.25) is 0 Å². The van der Waals surface area contributed by atoms with E-state index in [-0.39, 0.29) is 0 Å². The molecule has 2 fully saturated rings. The largest absolute Gasteiger partial charge is 0.396 e. The Balaban J connectivity index is 1.70. The lowest BCUT2D eigenvalue weighted by Gasteiger charge is -2.26.